The quantitative estimate of drug-likeness (QED) is 0.879. The monoisotopic (exact) mass is 319 g/mol. The molecular formula is C11H12F3N5OS. The number of nitrogens with two attached hydrogens (primary N) is 1. The van der Waals surface area contributed by atoms with Crippen LogP contribution in [0.5, 0.6) is 0 Å². The van der Waals surface area contributed by atoms with E-state index < -0.39 is 11.9 Å². The summed E-state index contributed by atoms with van der Waals surface area (Å²) in [5.74, 6) is 0.685. The molecule has 0 aliphatic heterocycles. The van der Waals surface area contributed by atoms with Crippen LogP contribution < -0.4 is 11.1 Å². The van der Waals surface area contributed by atoms with E-state index in [9.17, 15) is 13.2 Å². The maximum atomic E-state index is 12.4. The van der Waals surface area contributed by atoms with Crippen molar-refractivity contribution in [1.82, 2.24) is 15.0 Å². The van der Waals surface area contributed by atoms with Crippen molar-refractivity contribution in [2.75, 3.05) is 18.2 Å². The molecule has 0 fully saturated rings. The number of ether oxygens (including phenoxy) is 1. The van der Waals surface area contributed by atoms with E-state index >= 15 is 0 Å². The summed E-state index contributed by atoms with van der Waals surface area (Å²) >= 11 is 0.869. The number of nitrogens with zero attached hydrogens (tertiary/aromatic N) is 3. The predicted molar refractivity (Wildman–Crippen MR) is 71.6 cm³/mol. The van der Waals surface area contributed by atoms with Gasteiger partial charge >= 0.3 is 6.18 Å². The fourth-order valence-electron chi connectivity index (χ4n) is 1.45. The topological polar surface area (TPSA) is 86.0 Å². The van der Waals surface area contributed by atoms with Gasteiger partial charge < -0.3 is 15.8 Å². The molecule has 0 aliphatic rings. The van der Waals surface area contributed by atoms with Gasteiger partial charge in [-0.15, -0.1) is 11.3 Å². The Hall–Kier alpha value is -1.94. The summed E-state index contributed by atoms with van der Waals surface area (Å²) in [5.41, 5.74) is 5.39. The lowest BCUT2D eigenvalue weighted by Gasteiger charge is -2.07. The minimum atomic E-state index is -4.44. The Balaban J connectivity index is 2.01. The molecule has 0 amide bonds. The van der Waals surface area contributed by atoms with Crippen molar-refractivity contribution >= 4 is 22.3 Å². The van der Waals surface area contributed by atoms with Gasteiger partial charge in [-0.1, -0.05) is 0 Å². The van der Waals surface area contributed by atoms with Crippen LogP contribution in [0.25, 0.3) is 0 Å². The van der Waals surface area contributed by atoms with Crippen molar-refractivity contribution in [3.63, 3.8) is 0 Å². The van der Waals surface area contributed by atoms with Crippen LogP contribution in [-0.4, -0.2) is 22.1 Å². The zero-order valence-electron chi connectivity index (χ0n) is 10.9. The summed E-state index contributed by atoms with van der Waals surface area (Å²) in [6.45, 7) is 0.420. The minimum Gasteiger partial charge on any atom is -0.383 e. The number of hydrogen-bond donors (Lipinski definition) is 2. The van der Waals surface area contributed by atoms with Crippen LogP contribution in [0.4, 0.5) is 24.1 Å². The maximum Gasteiger partial charge on any atom is 0.434 e. The number of alkyl halides is 3. The summed E-state index contributed by atoms with van der Waals surface area (Å²) in [6, 6.07) is 0. The number of hydrogen-bond acceptors (Lipinski definition) is 7. The molecule has 0 aliphatic carbocycles. The minimum absolute atomic E-state index is 0.155. The highest BCUT2D eigenvalue weighted by Gasteiger charge is 2.33. The summed E-state index contributed by atoms with van der Waals surface area (Å²) < 4.78 is 42.1. The summed E-state index contributed by atoms with van der Waals surface area (Å²) in [5, 5.41) is 3.87. The van der Waals surface area contributed by atoms with Gasteiger partial charge in [0.25, 0.3) is 0 Å². The molecule has 0 unspecified atom stereocenters. The molecule has 0 spiro atoms. The maximum absolute atomic E-state index is 12.4. The Bertz CT molecular complexity index is 616. The van der Waals surface area contributed by atoms with Crippen LogP contribution in [0.3, 0.4) is 0 Å². The Morgan fingerprint density at radius 1 is 1.38 bits per heavy atom. The molecule has 2 rings (SSSR count). The largest absolute Gasteiger partial charge is 0.434 e. The molecule has 21 heavy (non-hydrogen) atoms. The van der Waals surface area contributed by atoms with Gasteiger partial charge in [-0.05, 0) is 0 Å². The van der Waals surface area contributed by atoms with E-state index in [0.717, 1.165) is 16.7 Å². The van der Waals surface area contributed by atoms with Gasteiger partial charge in [0.05, 0.1) is 0 Å². The molecule has 0 aromatic carbocycles. The number of anilines is 2. The SMILES string of the molecule is COCc1ncc(CNc2nc(C(F)(F)F)cs2)c(N)n1. The van der Waals surface area contributed by atoms with Crippen molar-refractivity contribution in [2.45, 2.75) is 19.3 Å². The van der Waals surface area contributed by atoms with E-state index in [0.29, 0.717) is 11.4 Å². The Morgan fingerprint density at radius 2 is 2.14 bits per heavy atom. The Labute approximate surface area is 122 Å². The highest BCUT2D eigenvalue weighted by atomic mass is 32.1. The highest BCUT2D eigenvalue weighted by molar-refractivity contribution is 7.13. The van der Waals surface area contributed by atoms with Gasteiger partial charge in [0.15, 0.2) is 16.6 Å². The molecule has 0 saturated carbocycles. The number of rotatable bonds is 5. The standard InChI is InChI=1S/C11H12F3N5OS/c1-20-4-8-16-2-6(9(15)19-8)3-17-10-18-7(5-21-10)11(12,13)14/h2,5H,3-4H2,1H3,(H,17,18)(H2,15,16,19). The van der Waals surface area contributed by atoms with Gasteiger partial charge in [-0.25, -0.2) is 15.0 Å². The molecule has 0 saturated heterocycles. The van der Waals surface area contributed by atoms with Crippen molar-refractivity contribution in [1.29, 1.82) is 0 Å². The second kappa shape index (κ2) is 6.22. The van der Waals surface area contributed by atoms with Crippen LogP contribution in [0.15, 0.2) is 11.6 Å². The molecule has 0 bridgehead atoms. The number of nitrogen functional groups attached to an aromatic ring is 1. The summed E-state index contributed by atoms with van der Waals surface area (Å²) in [7, 11) is 1.51. The van der Waals surface area contributed by atoms with E-state index in [1.807, 2.05) is 0 Å². The normalized spacial score (nSPS) is 11.6. The fraction of sp³-hybridized carbons (Fsp3) is 0.364. The van der Waals surface area contributed by atoms with Gasteiger partial charge in [-0.2, -0.15) is 13.2 Å². The molecule has 10 heteroatoms. The van der Waals surface area contributed by atoms with Crippen LogP contribution in [-0.2, 0) is 24.1 Å². The molecule has 114 valence electrons. The lowest BCUT2D eigenvalue weighted by Crippen LogP contribution is -2.09. The van der Waals surface area contributed by atoms with Crippen molar-refractivity contribution in [3.05, 3.63) is 28.7 Å². The average Bonchev–Trinajstić information content (AvgIpc) is 2.87. The van der Waals surface area contributed by atoms with Crippen LogP contribution in [0.1, 0.15) is 17.1 Å². The van der Waals surface area contributed by atoms with Crippen molar-refractivity contribution < 1.29 is 17.9 Å². The predicted octanol–water partition coefficient (Wildman–Crippen LogP) is 2.29. The molecule has 2 heterocycles. The van der Waals surface area contributed by atoms with Crippen LogP contribution in [0.2, 0.25) is 0 Å². The number of thiazole rings is 1. The van der Waals surface area contributed by atoms with E-state index in [4.69, 9.17) is 10.5 Å². The molecule has 2 aromatic rings. The van der Waals surface area contributed by atoms with Gasteiger partial charge in [0.2, 0.25) is 0 Å². The highest BCUT2D eigenvalue weighted by Crippen LogP contribution is 2.31. The number of nitrogens with one attached hydrogen (secondary N) is 1. The summed E-state index contributed by atoms with van der Waals surface area (Å²) in [6.07, 6.45) is -2.94. The number of halogens is 3. The third-order valence-electron chi connectivity index (χ3n) is 2.45. The van der Waals surface area contributed by atoms with Gasteiger partial charge in [0.1, 0.15) is 12.4 Å². The van der Waals surface area contributed by atoms with Crippen molar-refractivity contribution in [2.24, 2.45) is 0 Å². The van der Waals surface area contributed by atoms with E-state index in [1.54, 1.807) is 0 Å². The smallest absolute Gasteiger partial charge is 0.383 e. The molecule has 0 radical (unpaired) electrons. The number of methoxy groups -OCH3 is 1. The first-order chi connectivity index (χ1) is 9.90. The third kappa shape index (κ3) is 4.02. The lowest BCUT2D eigenvalue weighted by molar-refractivity contribution is -0.140. The van der Waals surface area contributed by atoms with Crippen LogP contribution >= 0.6 is 11.3 Å². The first kappa shape index (κ1) is 15.4. The van der Waals surface area contributed by atoms with Crippen molar-refractivity contribution in [3.8, 4) is 0 Å². The average molecular weight is 319 g/mol. The third-order valence-corrected chi connectivity index (χ3v) is 3.25. The molecular weight excluding hydrogens is 307 g/mol. The Kier molecular flexibility index (Phi) is 4.58. The lowest BCUT2D eigenvalue weighted by atomic mass is 10.3. The second-order valence-electron chi connectivity index (χ2n) is 4.02. The van der Waals surface area contributed by atoms with Gasteiger partial charge in [-0.3, -0.25) is 0 Å². The zero-order chi connectivity index (χ0) is 15.5. The van der Waals surface area contributed by atoms with E-state index in [2.05, 4.69) is 20.3 Å². The molecule has 0 atom stereocenters. The first-order valence-corrected chi connectivity index (χ1v) is 6.64. The summed E-state index contributed by atoms with van der Waals surface area (Å²) in [4.78, 5) is 11.5. The molecule has 3 N–H and O–H groups in total. The fourth-order valence-corrected chi connectivity index (χ4v) is 2.17. The van der Waals surface area contributed by atoms with E-state index in [-0.39, 0.29) is 24.1 Å². The molecule has 2 aromatic heterocycles. The van der Waals surface area contributed by atoms with E-state index in [1.165, 1.54) is 13.3 Å². The molecule has 6 nitrogen and oxygen atoms in total. The number of aromatic nitrogens is 3. The second-order valence-corrected chi connectivity index (χ2v) is 4.88. The van der Waals surface area contributed by atoms with Crippen LogP contribution in [0, 0.1) is 0 Å². The van der Waals surface area contributed by atoms with Gasteiger partial charge in [0, 0.05) is 30.8 Å². The zero-order valence-corrected chi connectivity index (χ0v) is 11.8. The first-order valence-electron chi connectivity index (χ1n) is 5.76. The Morgan fingerprint density at radius 3 is 2.71 bits per heavy atom.